The molecule has 1 heterocycles. The van der Waals surface area contributed by atoms with Gasteiger partial charge in [0.05, 0.1) is 12.1 Å². The van der Waals surface area contributed by atoms with Gasteiger partial charge in [-0.3, -0.25) is 4.98 Å². The Kier molecular flexibility index (Phi) is 3.99. The number of ether oxygens (including phenoxy) is 1. The first-order valence-electron chi connectivity index (χ1n) is 5.83. The highest BCUT2D eigenvalue weighted by atomic mass is 16.5. The Morgan fingerprint density at radius 3 is 3.06 bits per heavy atom. The van der Waals surface area contributed by atoms with E-state index in [4.69, 9.17) is 4.74 Å². The average molecular weight is 225 g/mol. The summed E-state index contributed by atoms with van der Waals surface area (Å²) < 4.78 is 5.62. The van der Waals surface area contributed by atoms with E-state index in [2.05, 4.69) is 16.8 Å². The minimum Gasteiger partial charge on any atom is -0.493 e. The van der Waals surface area contributed by atoms with E-state index in [1.54, 1.807) is 6.20 Å². The van der Waals surface area contributed by atoms with E-state index in [0.29, 0.717) is 6.61 Å². The quantitative estimate of drug-likeness (QED) is 0.590. The van der Waals surface area contributed by atoms with Gasteiger partial charge in [0.1, 0.15) is 5.75 Å². The lowest BCUT2D eigenvalue weighted by molar-refractivity contribution is 0.327. The fourth-order valence-corrected chi connectivity index (χ4v) is 1.57. The Bertz CT molecular complexity index is 551. The van der Waals surface area contributed by atoms with Gasteiger partial charge in [0, 0.05) is 30.5 Å². The molecule has 1 aromatic heterocycles. The third-order valence-electron chi connectivity index (χ3n) is 2.37. The third kappa shape index (κ3) is 3.22. The van der Waals surface area contributed by atoms with E-state index in [0.717, 1.165) is 29.5 Å². The number of nitrogens with zero attached hydrogens (tertiary/aromatic N) is 1. The van der Waals surface area contributed by atoms with Crippen molar-refractivity contribution >= 4 is 10.9 Å². The highest BCUT2D eigenvalue weighted by Gasteiger charge is 1.97. The van der Waals surface area contributed by atoms with Gasteiger partial charge in [-0.1, -0.05) is 18.9 Å². The predicted octanol–water partition coefficient (Wildman–Crippen LogP) is 3.42. The largest absolute Gasteiger partial charge is 0.493 e. The van der Waals surface area contributed by atoms with E-state index in [-0.39, 0.29) is 0 Å². The molecule has 0 atom stereocenters. The molecule has 0 aliphatic carbocycles. The van der Waals surface area contributed by atoms with Crippen molar-refractivity contribution < 1.29 is 4.74 Å². The van der Waals surface area contributed by atoms with Crippen LogP contribution < -0.4 is 4.74 Å². The number of aromatic nitrogens is 1. The summed E-state index contributed by atoms with van der Waals surface area (Å²) in [4.78, 5) is 4.29. The van der Waals surface area contributed by atoms with Gasteiger partial charge in [-0.05, 0) is 18.2 Å². The number of benzene rings is 1. The molecule has 17 heavy (non-hydrogen) atoms. The first-order chi connectivity index (χ1) is 8.40. The van der Waals surface area contributed by atoms with Gasteiger partial charge in [0.15, 0.2) is 0 Å². The van der Waals surface area contributed by atoms with Crippen LogP contribution >= 0.6 is 0 Å². The van der Waals surface area contributed by atoms with Crippen LogP contribution in [0.3, 0.4) is 0 Å². The number of rotatable bonds is 3. The smallest absolute Gasteiger partial charge is 0.121 e. The molecule has 2 nitrogen and oxygen atoms in total. The summed E-state index contributed by atoms with van der Waals surface area (Å²) in [6.45, 7) is 2.67. The second-order valence-corrected chi connectivity index (χ2v) is 3.66. The van der Waals surface area contributed by atoms with Crippen molar-refractivity contribution in [2.75, 3.05) is 6.61 Å². The maximum absolute atomic E-state index is 5.62. The lowest BCUT2D eigenvalue weighted by atomic mass is 10.2. The Morgan fingerprint density at radius 1 is 1.24 bits per heavy atom. The summed E-state index contributed by atoms with van der Waals surface area (Å²) in [5.41, 5.74) is 0.963. The van der Waals surface area contributed by atoms with E-state index in [1.165, 1.54) is 0 Å². The van der Waals surface area contributed by atoms with Crippen molar-refractivity contribution in [2.45, 2.75) is 19.8 Å². The van der Waals surface area contributed by atoms with E-state index in [1.807, 2.05) is 37.3 Å². The minimum absolute atomic E-state index is 0.630. The fourth-order valence-electron chi connectivity index (χ4n) is 1.57. The van der Waals surface area contributed by atoms with Gasteiger partial charge in [0.25, 0.3) is 0 Å². The molecular formula is C15H15NO. The van der Waals surface area contributed by atoms with Crippen molar-refractivity contribution in [1.82, 2.24) is 4.98 Å². The molecule has 2 heteroatoms. The number of fused-ring (bicyclic) bond motifs is 1. The van der Waals surface area contributed by atoms with Crippen LogP contribution in [-0.4, -0.2) is 11.6 Å². The molecule has 0 saturated carbocycles. The summed E-state index contributed by atoms with van der Waals surface area (Å²) >= 11 is 0. The van der Waals surface area contributed by atoms with Crippen molar-refractivity contribution in [3.05, 3.63) is 36.5 Å². The van der Waals surface area contributed by atoms with Crippen molar-refractivity contribution in [3.63, 3.8) is 0 Å². The first kappa shape index (κ1) is 11.5. The van der Waals surface area contributed by atoms with Gasteiger partial charge in [-0.25, -0.2) is 0 Å². The van der Waals surface area contributed by atoms with Crippen LogP contribution in [0.4, 0.5) is 0 Å². The monoisotopic (exact) mass is 225 g/mol. The summed E-state index contributed by atoms with van der Waals surface area (Å²) in [7, 11) is 0. The molecule has 0 aliphatic heterocycles. The van der Waals surface area contributed by atoms with Gasteiger partial charge in [-0.2, -0.15) is 0 Å². The second kappa shape index (κ2) is 5.91. The first-order valence-corrected chi connectivity index (χ1v) is 5.83. The molecule has 0 fully saturated rings. The van der Waals surface area contributed by atoms with Crippen LogP contribution in [0.2, 0.25) is 0 Å². The number of hydrogen-bond donors (Lipinski definition) is 0. The van der Waals surface area contributed by atoms with Crippen LogP contribution in [-0.2, 0) is 0 Å². The lowest BCUT2D eigenvalue weighted by Crippen LogP contribution is -1.95. The molecule has 0 unspecified atom stereocenters. The molecule has 0 radical (unpaired) electrons. The standard InChI is InChI=1S/C15H15NO/c1-2-3-4-5-11-17-14-9-8-13-7-6-10-16-15(13)12-14/h6-10,12H,2,5,11H2,1H3. The molecule has 2 aromatic rings. The molecule has 2 rings (SSSR count). The Hall–Kier alpha value is -2.01. The molecule has 0 amide bonds. The summed E-state index contributed by atoms with van der Waals surface area (Å²) in [6, 6.07) is 9.93. The predicted molar refractivity (Wildman–Crippen MR) is 69.9 cm³/mol. The highest BCUT2D eigenvalue weighted by molar-refractivity contribution is 5.79. The summed E-state index contributed by atoms with van der Waals surface area (Å²) in [5, 5.41) is 1.13. The van der Waals surface area contributed by atoms with Crippen LogP contribution in [0.25, 0.3) is 10.9 Å². The van der Waals surface area contributed by atoms with Crippen molar-refractivity contribution in [2.24, 2.45) is 0 Å². The SMILES string of the molecule is CCC#CCCOc1ccc2cccnc2c1. The molecule has 0 spiro atoms. The number of pyridine rings is 1. The van der Waals surface area contributed by atoms with Gasteiger partial charge in [-0.15, -0.1) is 5.92 Å². The second-order valence-electron chi connectivity index (χ2n) is 3.66. The van der Waals surface area contributed by atoms with Crippen LogP contribution in [0.15, 0.2) is 36.5 Å². The zero-order valence-corrected chi connectivity index (χ0v) is 9.94. The van der Waals surface area contributed by atoms with Crippen molar-refractivity contribution in [3.8, 4) is 17.6 Å². The maximum atomic E-state index is 5.62. The van der Waals surface area contributed by atoms with E-state index < -0.39 is 0 Å². The zero-order chi connectivity index (χ0) is 11.9. The zero-order valence-electron chi connectivity index (χ0n) is 9.94. The van der Waals surface area contributed by atoms with Crippen LogP contribution in [0, 0.1) is 11.8 Å². The highest BCUT2D eigenvalue weighted by Crippen LogP contribution is 2.18. The van der Waals surface area contributed by atoms with Gasteiger partial charge in [0.2, 0.25) is 0 Å². The molecule has 0 bridgehead atoms. The van der Waals surface area contributed by atoms with E-state index >= 15 is 0 Å². The van der Waals surface area contributed by atoms with Gasteiger partial charge >= 0.3 is 0 Å². The topological polar surface area (TPSA) is 22.1 Å². The van der Waals surface area contributed by atoms with Gasteiger partial charge < -0.3 is 4.74 Å². The summed E-state index contributed by atoms with van der Waals surface area (Å²) in [5.74, 6) is 6.93. The molecule has 86 valence electrons. The van der Waals surface area contributed by atoms with E-state index in [9.17, 15) is 0 Å². The Morgan fingerprint density at radius 2 is 2.18 bits per heavy atom. The lowest BCUT2D eigenvalue weighted by Gasteiger charge is -2.04. The Labute approximate surface area is 102 Å². The third-order valence-corrected chi connectivity index (χ3v) is 2.37. The van der Waals surface area contributed by atoms with Crippen LogP contribution in [0.1, 0.15) is 19.8 Å². The summed E-state index contributed by atoms with van der Waals surface area (Å²) in [6.07, 6.45) is 3.47. The molecule has 0 N–H and O–H groups in total. The molecule has 0 saturated heterocycles. The fraction of sp³-hybridized carbons (Fsp3) is 0.267. The molecule has 1 aromatic carbocycles. The van der Waals surface area contributed by atoms with Crippen molar-refractivity contribution in [1.29, 1.82) is 0 Å². The number of hydrogen-bond acceptors (Lipinski definition) is 2. The maximum Gasteiger partial charge on any atom is 0.121 e. The van der Waals surface area contributed by atoms with Crippen LogP contribution in [0.5, 0.6) is 5.75 Å². The average Bonchev–Trinajstić information content (AvgIpc) is 2.38. The molecule has 0 aliphatic rings. The normalized spacial score (nSPS) is 9.71. The Balaban J connectivity index is 1.99. The minimum atomic E-state index is 0.630. The molecular weight excluding hydrogens is 210 g/mol.